The number of ether oxygens (including phenoxy) is 1. The molecular weight excluding hydrogens is 856 g/mol. The van der Waals surface area contributed by atoms with Crippen LogP contribution in [-0.4, -0.2) is 0 Å². The van der Waals surface area contributed by atoms with Gasteiger partial charge in [0.15, 0.2) is 0 Å². The average molecular weight is 908 g/mol. The van der Waals surface area contributed by atoms with Crippen molar-refractivity contribution in [2.75, 3.05) is 9.80 Å². The standard InChI is InChI=1S/C62H51ClN2O3/c1-61(2,3)42-23-27-44(28-24-42)64(47-32-34-57-53(38-47)51-20-11-13-22-56(51)67-57)46-17-14-18-49(37-46)66-59-36-41(40-15-8-7-9-16-40)35-54(60(59)63)65(45-29-25-43(26-30-45)62(4,5)6)48-31-33-52-50-19-10-12-21-55(50)68-58(52)39-48/h7-39H,1-6H3. The van der Waals surface area contributed by atoms with E-state index < -0.39 is 0 Å². The van der Waals surface area contributed by atoms with E-state index in [-0.39, 0.29) is 10.8 Å². The highest BCUT2D eigenvalue weighted by molar-refractivity contribution is 6.35. The number of nitrogens with zero attached hydrogens (tertiary/aromatic N) is 2. The summed E-state index contributed by atoms with van der Waals surface area (Å²) in [5.74, 6) is 1.16. The zero-order valence-electron chi connectivity index (χ0n) is 39.0. The lowest BCUT2D eigenvalue weighted by Gasteiger charge is -2.29. The van der Waals surface area contributed by atoms with Crippen molar-refractivity contribution in [3.05, 3.63) is 216 Å². The minimum absolute atomic E-state index is 0.00375. The van der Waals surface area contributed by atoms with E-state index in [1.807, 2.05) is 54.6 Å². The lowest BCUT2D eigenvalue weighted by atomic mass is 9.87. The topological polar surface area (TPSA) is 42.0 Å². The molecule has 0 fully saturated rings. The Kier molecular flexibility index (Phi) is 10.6. The first-order chi connectivity index (χ1) is 32.9. The predicted octanol–water partition coefficient (Wildman–Crippen LogP) is 19.1. The Bertz CT molecular complexity index is 3630. The molecule has 2 heterocycles. The predicted molar refractivity (Wildman–Crippen MR) is 285 cm³/mol. The maximum absolute atomic E-state index is 7.73. The Morgan fingerprint density at radius 3 is 1.56 bits per heavy atom. The maximum Gasteiger partial charge on any atom is 0.148 e. The minimum Gasteiger partial charge on any atom is -0.456 e. The van der Waals surface area contributed by atoms with Crippen LogP contribution in [0, 0.1) is 0 Å². The van der Waals surface area contributed by atoms with Crippen LogP contribution < -0.4 is 14.5 Å². The molecule has 0 radical (unpaired) electrons. The Hall–Kier alpha value is -7.73. The van der Waals surface area contributed by atoms with Gasteiger partial charge in [-0.3, -0.25) is 0 Å². The number of para-hydroxylation sites is 2. The molecule has 0 atom stereocenters. The second-order valence-corrected chi connectivity index (χ2v) is 20.0. The largest absolute Gasteiger partial charge is 0.456 e. The number of fused-ring (bicyclic) bond motifs is 6. The summed E-state index contributed by atoms with van der Waals surface area (Å²) in [6, 6.07) is 69.5. The Morgan fingerprint density at radius 2 is 0.897 bits per heavy atom. The number of benzene rings is 9. The van der Waals surface area contributed by atoms with Gasteiger partial charge >= 0.3 is 0 Å². The van der Waals surface area contributed by atoms with Crippen LogP contribution in [0.25, 0.3) is 55.0 Å². The number of furan rings is 2. The minimum atomic E-state index is -0.0250. The van der Waals surface area contributed by atoms with Crippen molar-refractivity contribution < 1.29 is 13.6 Å². The van der Waals surface area contributed by atoms with E-state index in [4.69, 9.17) is 25.2 Å². The van der Waals surface area contributed by atoms with Gasteiger partial charge in [-0.05, 0) is 124 Å². The van der Waals surface area contributed by atoms with Gasteiger partial charge in [0.05, 0.1) is 5.69 Å². The molecule has 11 aromatic rings. The van der Waals surface area contributed by atoms with Gasteiger partial charge in [-0.1, -0.05) is 150 Å². The first-order valence-corrected chi connectivity index (χ1v) is 23.5. The number of rotatable bonds is 9. The highest BCUT2D eigenvalue weighted by Crippen LogP contribution is 2.49. The van der Waals surface area contributed by atoms with Gasteiger partial charge < -0.3 is 23.4 Å². The number of hydrogen-bond donors (Lipinski definition) is 0. The van der Waals surface area contributed by atoms with E-state index in [2.05, 4.69) is 197 Å². The normalized spacial score (nSPS) is 12.0. The first-order valence-electron chi connectivity index (χ1n) is 23.2. The molecule has 2 aromatic heterocycles. The highest BCUT2D eigenvalue weighted by Gasteiger charge is 2.24. The molecular formula is C62H51ClN2O3. The number of halogens is 1. The molecule has 9 aromatic carbocycles. The molecule has 68 heavy (non-hydrogen) atoms. The van der Waals surface area contributed by atoms with Crippen LogP contribution in [0.15, 0.2) is 209 Å². The van der Waals surface area contributed by atoms with E-state index in [1.54, 1.807) is 0 Å². The lowest BCUT2D eigenvalue weighted by molar-refractivity contribution is 0.483. The second-order valence-electron chi connectivity index (χ2n) is 19.6. The van der Waals surface area contributed by atoms with E-state index in [9.17, 15) is 0 Å². The fourth-order valence-corrected chi connectivity index (χ4v) is 9.46. The van der Waals surface area contributed by atoms with Gasteiger partial charge in [-0.25, -0.2) is 0 Å². The third-order valence-electron chi connectivity index (χ3n) is 12.9. The van der Waals surface area contributed by atoms with Crippen molar-refractivity contribution in [1.82, 2.24) is 0 Å². The molecule has 0 N–H and O–H groups in total. The Balaban J connectivity index is 1.06. The van der Waals surface area contributed by atoms with Crippen LogP contribution in [0.5, 0.6) is 11.5 Å². The average Bonchev–Trinajstić information content (AvgIpc) is 3.91. The zero-order chi connectivity index (χ0) is 46.7. The van der Waals surface area contributed by atoms with Crippen LogP contribution in [0.3, 0.4) is 0 Å². The summed E-state index contributed by atoms with van der Waals surface area (Å²) in [6.07, 6.45) is 0. The first kappa shape index (κ1) is 42.9. The van der Waals surface area contributed by atoms with Crippen molar-refractivity contribution in [2.24, 2.45) is 0 Å². The zero-order valence-corrected chi connectivity index (χ0v) is 39.8. The lowest BCUT2D eigenvalue weighted by Crippen LogP contribution is -2.14. The van der Waals surface area contributed by atoms with Crippen molar-refractivity contribution in [3.8, 4) is 22.6 Å². The van der Waals surface area contributed by atoms with Crippen molar-refractivity contribution in [1.29, 1.82) is 0 Å². The Labute approximate surface area is 402 Å². The summed E-state index contributed by atoms with van der Waals surface area (Å²) in [4.78, 5) is 4.47. The molecule has 0 aliphatic carbocycles. The third-order valence-corrected chi connectivity index (χ3v) is 13.3. The quantitative estimate of drug-likeness (QED) is 0.144. The highest BCUT2D eigenvalue weighted by atomic mass is 35.5. The molecule has 334 valence electrons. The molecule has 6 heteroatoms. The van der Waals surface area contributed by atoms with Crippen LogP contribution in [-0.2, 0) is 10.8 Å². The number of anilines is 6. The fraction of sp³-hybridized carbons (Fsp3) is 0.129. The van der Waals surface area contributed by atoms with Gasteiger partial charge in [0.25, 0.3) is 0 Å². The van der Waals surface area contributed by atoms with E-state index in [0.29, 0.717) is 16.5 Å². The van der Waals surface area contributed by atoms with Gasteiger partial charge in [0, 0.05) is 62.1 Å². The van der Waals surface area contributed by atoms with Crippen LogP contribution >= 0.6 is 11.6 Å². The summed E-state index contributed by atoms with van der Waals surface area (Å²) >= 11 is 7.73. The van der Waals surface area contributed by atoms with Crippen LogP contribution in [0.4, 0.5) is 34.1 Å². The Morgan fingerprint density at radius 1 is 0.382 bits per heavy atom. The van der Waals surface area contributed by atoms with Crippen LogP contribution in [0.1, 0.15) is 52.7 Å². The van der Waals surface area contributed by atoms with Crippen molar-refractivity contribution in [2.45, 2.75) is 52.4 Å². The molecule has 0 saturated heterocycles. The SMILES string of the molecule is CC(C)(C)c1ccc(N(c2cccc(Oc3cc(-c4ccccc4)cc(N(c4ccc(C(C)(C)C)cc4)c4ccc5c(c4)oc4ccccc45)c3Cl)c2)c2ccc3oc4ccccc4c3c2)cc1. The van der Waals surface area contributed by atoms with Gasteiger partial charge in [0.2, 0.25) is 0 Å². The van der Waals surface area contributed by atoms with E-state index in [0.717, 1.165) is 89.1 Å². The van der Waals surface area contributed by atoms with Crippen molar-refractivity contribution in [3.63, 3.8) is 0 Å². The van der Waals surface area contributed by atoms with Crippen molar-refractivity contribution >= 4 is 89.6 Å². The summed E-state index contributed by atoms with van der Waals surface area (Å²) < 4.78 is 19.8. The molecule has 0 amide bonds. The molecule has 5 nitrogen and oxygen atoms in total. The summed E-state index contributed by atoms with van der Waals surface area (Å²) in [5.41, 5.74) is 13.4. The van der Waals surface area contributed by atoms with E-state index >= 15 is 0 Å². The third kappa shape index (κ3) is 8.03. The van der Waals surface area contributed by atoms with Gasteiger partial charge in [0.1, 0.15) is 38.9 Å². The maximum atomic E-state index is 7.73. The van der Waals surface area contributed by atoms with Crippen LogP contribution in [0.2, 0.25) is 5.02 Å². The van der Waals surface area contributed by atoms with Gasteiger partial charge in [-0.15, -0.1) is 0 Å². The van der Waals surface area contributed by atoms with E-state index in [1.165, 1.54) is 11.1 Å². The molecule has 0 spiro atoms. The smallest absolute Gasteiger partial charge is 0.148 e. The van der Waals surface area contributed by atoms with Gasteiger partial charge in [-0.2, -0.15) is 0 Å². The summed E-state index contributed by atoms with van der Waals surface area (Å²) in [5, 5.41) is 4.72. The molecule has 0 aliphatic heterocycles. The molecule has 0 aliphatic rings. The molecule has 0 unspecified atom stereocenters. The molecule has 0 bridgehead atoms. The number of hydrogen-bond acceptors (Lipinski definition) is 5. The monoisotopic (exact) mass is 906 g/mol. The fourth-order valence-electron chi connectivity index (χ4n) is 9.23. The summed E-state index contributed by atoms with van der Waals surface area (Å²) in [7, 11) is 0. The molecule has 11 rings (SSSR count). The molecule has 0 saturated carbocycles. The summed E-state index contributed by atoms with van der Waals surface area (Å²) in [6.45, 7) is 13.4. The second kappa shape index (κ2) is 16.9.